The summed E-state index contributed by atoms with van der Waals surface area (Å²) in [6.45, 7) is -0.646. The second-order valence-corrected chi connectivity index (χ2v) is 2.83. The fourth-order valence-corrected chi connectivity index (χ4v) is 1.06. The molecule has 0 aromatic heterocycles. The molecule has 0 unspecified atom stereocenters. The zero-order chi connectivity index (χ0) is 8.81. The van der Waals surface area contributed by atoms with Gasteiger partial charge in [-0.1, -0.05) is 30.3 Å². The van der Waals surface area contributed by atoms with Crippen LogP contribution < -0.4 is 0 Å². The van der Waals surface area contributed by atoms with Gasteiger partial charge in [0.05, 0.1) is 6.10 Å². The second-order valence-electron chi connectivity index (χ2n) is 2.83. The van der Waals surface area contributed by atoms with Crippen LogP contribution in [0.2, 0.25) is 0 Å². The molecule has 1 atom stereocenters. The molecule has 1 nitrogen and oxygen atoms in total. The minimum Gasteiger partial charge on any atom is -0.390 e. The van der Waals surface area contributed by atoms with Crippen molar-refractivity contribution in [2.24, 2.45) is 0 Å². The van der Waals surface area contributed by atoms with E-state index in [4.69, 9.17) is 5.11 Å². The molecule has 0 saturated heterocycles. The molecule has 1 aromatic carbocycles. The van der Waals surface area contributed by atoms with E-state index in [1.54, 1.807) is 0 Å². The Bertz CT molecular complexity index is 210. The van der Waals surface area contributed by atoms with Gasteiger partial charge in [0.25, 0.3) is 0 Å². The van der Waals surface area contributed by atoms with Crippen molar-refractivity contribution in [2.75, 3.05) is 6.67 Å². The third-order valence-corrected chi connectivity index (χ3v) is 1.79. The molecular weight excluding hydrogens is 155 g/mol. The topological polar surface area (TPSA) is 20.2 Å². The molecular formula is C10H13FO. The van der Waals surface area contributed by atoms with Gasteiger partial charge in [0, 0.05) is 0 Å². The molecule has 0 heterocycles. The third kappa shape index (κ3) is 3.01. The Labute approximate surface area is 71.9 Å². The maximum Gasteiger partial charge on any atom is 0.115 e. The van der Waals surface area contributed by atoms with Crippen molar-refractivity contribution in [1.82, 2.24) is 0 Å². The second kappa shape index (κ2) is 4.88. The highest BCUT2D eigenvalue weighted by Crippen LogP contribution is 2.04. The largest absolute Gasteiger partial charge is 0.390 e. The molecule has 2 heteroatoms. The lowest BCUT2D eigenvalue weighted by Gasteiger charge is -2.04. The minimum absolute atomic E-state index is 0.501. The van der Waals surface area contributed by atoms with Gasteiger partial charge in [-0.3, -0.25) is 0 Å². The maximum atomic E-state index is 11.8. The Hall–Kier alpha value is -0.890. The van der Waals surface area contributed by atoms with E-state index >= 15 is 0 Å². The van der Waals surface area contributed by atoms with Gasteiger partial charge in [-0.05, 0) is 18.4 Å². The summed E-state index contributed by atoms with van der Waals surface area (Å²) in [6.07, 6.45) is 0.442. The van der Waals surface area contributed by atoms with Crippen LogP contribution in [0.1, 0.15) is 12.0 Å². The van der Waals surface area contributed by atoms with Gasteiger partial charge in [-0.25, -0.2) is 4.39 Å². The van der Waals surface area contributed by atoms with Crippen LogP contribution in [0, 0.1) is 0 Å². The molecule has 0 saturated carbocycles. The van der Waals surface area contributed by atoms with Crippen LogP contribution in [0.3, 0.4) is 0 Å². The smallest absolute Gasteiger partial charge is 0.115 e. The van der Waals surface area contributed by atoms with Crippen molar-refractivity contribution in [1.29, 1.82) is 0 Å². The van der Waals surface area contributed by atoms with Crippen molar-refractivity contribution in [3.8, 4) is 0 Å². The third-order valence-electron chi connectivity index (χ3n) is 1.79. The normalized spacial score (nSPS) is 12.8. The summed E-state index contributed by atoms with van der Waals surface area (Å²) in [5, 5.41) is 8.94. The van der Waals surface area contributed by atoms with Crippen LogP contribution in [-0.4, -0.2) is 17.9 Å². The number of hydrogen-bond donors (Lipinski definition) is 1. The first-order chi connectivity index (χ1) is 5.83. The van der Waals surface area contributed by atoms with E-state index in [2.05, 4.69) is 0 Å². The molecule has 1 rings (SSSR count). The number of benzene rings is 1. The lowest BCUT2D eigenvalue weighted by Crippen LogP contribution is -2.09. The summed E-state index contributed by atoms with van der Waals surface area (Å²) in [6, 6.07) is 9.78. The Morgan fingerprint density at radius 1 is 1.25 bits per heavy atom. The van der Waals surface area contributed by atoms with E-state index in [-0.39, 0.29) is 0 Å². The van der Waals surface area contributed by atoms with Crippen molar-refractivity contribution in [3.63, 3.8) is 0 Å². The van der Waals surface area contributed by atoms with Crippen molar-refractivity contribution < 1.29 is 9.50 Å². The monoisotopic (exact) mass is 168 g/mol. The number of hydrogen-bond acceptors (Lipinski definition) is 1. The zero-order valence-electron chi connectivity index (χ0n) is 6.91. The zero-order valence-corrected chi connectivity index (χ0v) is 6.91. The Balaban J connectivity index is 2.33. The molecule has 1 aromatic rings. The molecule has 0 aliphatic rings. The number of aliphatic hydroxyl groups is 1. The van der Waals surface area contributed by atoms with Crippen LogP contribution in [0.15, 0.2) is 30.3 Å². The van der Waals surface area contributed by atoms with E-state index in [9.17, 15) is 4.39 Å². The van der Waals surface area contributed by atoms with Gasteiger partial charge < -0.3 is 5.11 Å². The molecule has 0 radical (unpaired) electrons. The van der Waals surface area contributed by atoms with Crippen molar-refractivity contribution in [2.45, 2.75) is 18.9 Å². The van der Waals surface area contributed by atoms with E-state index in [1.807, 2.05) is 30.3 Å². The minimum atomic E-state index is -0.801. The average Bonchev–Trinajstić information content (AvgIpc) is 2.16. The summed E-state index contributed by atoms with van der Waals surface area (Å²) in [5.41, 5.74) is 1.14. The van der Waals surface area contributed by atoms with Crippen LogP contribution in [0.5, 0.6) is 0 Å². The molecule has 12 heavy (non-hydrogen) atoms. The first kappa shape index (κ1) is 9.20. The standard InChI is InChI=1S/C10H13FO/c11-8-10(12)7-6-9-4-2-1-3-5-9/h1-5,10,12H,6-8H2/t10-/m0/s1. The summed E-state index contributed by atoms with van der Waals surface area (Å²) >= 11 is 0. The van der Waals surface area contributed by atoms with Crippen molar-refractivity contribution in [3.05, 3.63) is 35.9 Å². The Kier molecular flexibility index (Phi) is 3.74. The molecule has 0 spiro atoms. The van der Waals surface area contributed by atoms with Gasteiger partial charge in [0.15, 0.2) is 0 Å². The molecule has 0 aliphatic heterocycles. The van der Waals surface area contributed by atoms with Gasteiger partial charge >= 0.3 is 0 Å². The van der Waals surface area contributed by atoms with Gasteiger partial charge in [-0.15, -0.1) is 0 Å². The molecule has 0 amide bonds. The Morgan fingerprint density at radius 2 is 1.92 bits per heavy atom. The van der Waals surface area contributed by atoms with Crippen LogP contribution in [0.4, 0.5) is 4.39 Å². The fourth-order valence-electron chi connectivity index (χ4n) is 1.06. The van der Waals surface area contributed by atoms with Gasteiger partial charge in [0.2, 0.25) is 0 Å². The number of alkyl halides is 1. The molecule has 0 bridgehead atoms. The highest BCUT2D eigenvalue weighted by Gasteiger charge is 2.02. The average molecular weight is 168 g/mol. The predicted octanol–water partition coefficient (Wildman–Crippen LogP) is 1.95. The molecule has 66 valence electrons. The highest BCUT2D eigenvalue weighted by molar-refractivity contribution is 5.14. The number of rotatable bonds is 4. The summed E-state index contributed by atoms with van der Waals surface area (Å²) in [7, 11) is 0. The predicted molar refractivity (Wildman–Crippen MR) is 46.7 cm³/mol. The maximum absolute atomic E-state index is 11.8. The number of aliphatic hydroxyl groups excluding tert-OH is 1. The van der Waals surface area contributed by atoms with E-state index in [1.165, 1.54) is 0 Å². The van der Waals surface area contributed by atoms with Gasteiger partial charge in [0.1, 0.15) is 6.67 Å². The lowest BCUT2D eigenvalue weighted by atomic mass is 10.1. The first-order valence-electron chi connectivity index (χ1n) is 4.11. The lowest BCUT2D eigenvalue weighted by molar-refractivity contribution is 0.131. The van der Waals surface area contributed by atoms with E-state index in [0.717, 1.165) is 12.0 Å². The van der Waals surface area contributed by atoms with Crippen LogP contribution in [-0.2, 0) is 6.42 Å². The van der Waals surface area contributed by atoms with Crippen LogP contribution >= 0.6 is 0 Å². The summed E-state index contributed by atoms with van der Waals surface area (Å²) in [4.78, 5) is 0. The summed E-state index contributed by atoms with van der Waals surface area (Å²) in [5.74, 6) is 0. The van der Waals surface area contributed by atoms with Crippen LogP contribution in [0.25, 0.3) is 0 Å². The number of aryl methyl sites for hydroxylation is 1. The number of halogens is 1. The molecule has 0 fully saturated rings. The first-order valence-corrected chi connectivity index (χ1v) is 4.11. The van der Waals surface area contributed by atoms with Crippen molar-refractivity contribution >= 4 is 0 Å². The SMILES string of the molecule is O[C@H](CF)CCc1ccccc1. The van der Waals surface area contributed by atoms with E-state index < -0.39 is 12.8 Å². The molecule has 1 N–H and O–H groups in total. The van der Waals surface area contributed by atoms with Gasteiger partial charge in [-0.2, -0.15) is 0 Å². The van der Waals surface area contributed by atoms with E-state index in [0.29, 0.717) is 6.42 Å². The quantitative estimate of drug-likeness (QED) is 0.728. The molecule has 0 aliphatic carbocycles. The Morgan fingerprint density at radius 3 is 2.50 bits per heavy atom. The summed E-state index contributed by atoms with van der Waals surface area (Å²) < 4.78 is 11.8. The fraction of sp³-hybridized carbons (Fsp3) is 0.400. The highest BCUT2D eigenvalue weighted by atomic mass is 19.1.